The number of benzene rings is 2. The molecule has 3 rings (SSSR count). The molecule has 2 aromatic carbocycles. The zero-order valence-corrected chi connectivity index (χ0v) is 17.3. The van der Waals surface area contributed by atoms with Gasteiger partial charge in [0, 0.05) is 36.1 Å². The number of ether oxygens (including phenoxy) is 1. The lowest BCUT2D eigenvalue weighted by molar-refractivity contribution is -0.112. The Hall–Kier alpha value is -3.26. The molecule has 2 aromatic rings. The molecule has 0 aliphatic carbocycles. The van der Waals surface area contributed by atoms with Crippen molar-refractivity contribution >= 4 is 23.4 Å². The van der Waals surface area contributed by atoms with Gasteiger partial charge < -0.3 is 15.0 Å². The summed E-state index contributed by atoms with van der Waals surface area (Å²) in [7, 11) is 1.61. The molecule has 29 heavy (non-hydrogen) atoms. The van der Waals surface area contributed by atoms with Crippen molar-refractivity contribution in [2.45, 2.75) is 33.1 Å². The Balaban J connectivity index is 1.85. The van der Waals surface area contributed by atoms with Crippen LogP contribution in [0.1, 0.15) is 36.0 Å². The van der Waals surface area contributed by atoms with Crippen LogP contribution in [0.3, 0.4) is 0 Å². The molecule has 1 fully saturated rings. The van der Waals surface area contributed by atoms with Gasteiger partial charge in [-0.25, -0.2) is 0 Å². The number of methoxy groups -OCH3 is 1. The Morgan fingerprint density at radius 1 is 1.17 bits per heavy atom. The first-order chi connectivity index (χ1) is 14.0. The molecular formula is C24H27N3O2. The minimum Gasteiger partial charge on any atom is -0.496 e. The van der Waals surface area contributed by atoms with Gasteiger partial charge in [-0.1, -0.05) is 12.1 Å². The highest BCUT2D eigenvalue weighted by atomic mass is 16.5. The molecule has 0 unspecified atom stereocenters. The van der Waals surface area contributed by atoms with Crippen molar-refractivity contribution in [1.29, 1.82) is 5.26 Å². The van der Waals surface area contributed by atoms with Gasteiger partial charge in [-0.2, -0.15) is 5.26 Å². The van der Waals surface area contributed by atoms with Crippen molar-refractivity contribution in [2.24, 2.45) is 0 Å². The van der Waals surface area contributed by atoms with Crippen LogP contribution in [0.5, 0.6) is 5.75 Å². The minimum atomic E-state index is -0.427. The first-order valence-electron chi connectivity index (χ1n) is 9.96. The lowest BCUT2D eigenvalue weighted by Crippen LogP contribution is -2.29. The first kappa shape index (κ1) is 20.5. The number of rotatable bonds is 5. The molecule has 1 N–H and O–H groups in total. The van der Waals surface area contributed by atoms with Crippen LogP contribution in [-0.4, -0.2) is 26.1 Å². The topological polar surface area (TPSA) is 65.4 Å². The number of nitrogens with zero attached hydrogens (tertiary/aromatic N) is 2. The van der Waals surface area contributed by atoms with Gasteiger partial charge in [0.05, 0.1) is 7.11 Å². The van der Waals surface area contributed by atoms with Crippen LogP contribution < -0.4 is 15.0 Å². The predicted octanol–water partition coefficient (Wildman–Crippen LogP) is 4.85. The van der Waals surface area contributed by atoms with E-state index in [9.17, 15) is 10.1 Å². The number of aryl methyl sites for hydroxylation is 1. The van der Waals surface area contributed by atoms with Gasteiger partial charge in [-0.3, -0.25) is 4.79 Å². The molecule has 5 nitrogen and oxygen atoms in total. The first-order valence-corrected chi connectivity index (χ1v) is 9.96. The summed E-state index contributed by atoms with van der Waals surface area (Å²) < 4.78 is 5.54. The summed E-state index contributed by atoms with van der Waals surface area (Å²) in [6, 6.07) is 13.6. The van der Waals surface area contributed by atoms with Gasteiger partial charge in [0.25, 0.3) is 5.91 Å². The molecule has 1 aliphatic heterocycles. The molecule has 0 bridgehead atoms. The van der Waals surface area contributed by atoms with Crippen molar-refractivity contribution in [3.8, 4) is 11.8 Å². The SMILES string of the molecule is COc1cc(N2CCCCC2)ccc1/C=C(/C#N)C(=O)Nc1cccc(C)c1C. The second-order valence-electron chi connectivity index (χ2n) is 7.35. The van der Waals surface area contributed by atoms with Crippen LogP contribution >= 0.6 is 0 Å². The maximum Gasteiger partial charge on any atom is 0.266 e. The Labute approximate surface area is 172 Å². The summed E-state index contributed by atoms with van der Waals surface area (Å²) in [4.78, 5) is 15.0. The van der Waals surface area contributed by atoms with Gasteiger partial charge in [0.1, 0.15) is 17.4 Å². The second kappa shape index (κ2) is 9.29. The average molecular weight is 389 g/mol. The fourth-order valence-electron chi connectivity index (χ4n) is 3.55. The number of piperidine rings is 1. The van der Waals surface area contributed by atoms with Gasteiger partial charge in [-0.15, -0.1) is 0 Å². The Morgan fingerprint density at radius 3 is 2.62 bits per heavy atom. The molecule has 1 heterocycles. The highest BCUT2D eigenvalue weighted by molar-refractivity contribution is 6.10. The van der Waals surface area contributed by atoms with E-state index in [-0.39, 0.29) is 5.57 Å². The van der Waals surface area contributed by atoms with Crippen molar-refractivity contribution < 1.29 is 9.53 Å². The summed E-state index contributed by atoms with van der Waals surface area (Å²) in [5, 5.41) is 12.4. The van der Waals surface area contributed by atoms with E-state index in [1.54, 1.807) is 13.2 Å². The number of anilines is 2. The predicted molar refractivity (Wildman–Crippen MR) is 117 cm³/mol. The zero-order chi connectivity index (χ0) is 20.8. The standard InChI is InChI=1S/C24H27N3O2/c1-17-8-7-9-22(18(17)2)26-24(28)20(16-25)14-19-10-11-21(15-23(19)29-3)27-12-5-4-6-13-27/h7-11,14-15H,4-6,12-13H2,1-3H3,(H,26,28)/b20-14-. The molecule has 5 heteroatoms. The number of hydrogen-bond acceptors (Lipinski definition) is 4. The second-order valence-corrected chi connectivity index (χ2v) is 7.35. The summed E-state index contributed by atoms with van der Waals surface area (Å²) >= 11 is 0. The van der Waals surface area contributed by atoms with Gasteiger partial charge in [0.2, 0.25) is 0 Å². The van der Waals surface area contributed by atoms with E-state index >= 15 is 0 Å². The van der Waals surface area contributed by atoms with Gasteiger partial charge >= 0.3 is 0 Å². The van der Waals surface area contributed by atoms with Crippen LogP contribution in [0.2, 0.25) is 0 Å². The molecule has 0 aromatic heterocycles. The Bertz CT molecular complexity index is 967. The highest BCUT2D eigenvalue weighted by Gasteiger charge is 2.15. The maximum atomic E-state index is 12.7. The normalized spacial score (nSPS) is 14.3. The lowest BCUT2D eigenvalue weighted by atomic mass is 10.1. The van der Waals surface area contributed by atoms with Crippen LogP contribution in [0, 0.1) is 25.2 Å². The Morgan fingerprint density at radius 2 is 1.93 bits per heavy atom. The fourth-order valence-corrected chi connectivity index (χ4v) is 3.55. The molecule has 1 amide bonds. The maximum absolute atomic E-state index is 12.7. The minimum absolute atomic E-state index is 0.0370. The third kappa shape index (κ3) is 4.78. The van der Waals surface area contributed by atoms with E-state index in [0.717, 1.165) is 29.9 Å². The van der Waals surface area contributed by atoms with Crippen molar-refractivity contribution in [1.82, 2.24) is 0 Å². The van der Waals surface area contributed by atoms with Crippen LogP contribution in [0.15, 0.2) is 42.0 Å². The molecule has 1 aliphatic rings. The van der Waals surface area contributed by atoms with Crippen LogP contribution in [0.25, 0.3) is 6.08 Å². The molecule has 0 atom stereocenters. The molecule has 150 valence electrons. The zero-order valence-electron chi connectivity index (χ0n) is 17.3. The number of hydrogen-bond donors (Lipinski definition) is 1. The van der Waals surface area contributed by atoms with Crippen molar-refractivity contribution in [3.05, 3.63) is 58.7 Å². The summed E-state index contributed by atoms with van der Waals surface area (Å²) in [5.41, 5.74) is 4.64. The van der Waals surface area contributed by atoms with E-state index in [0.29, 0.717) is 17.0 Å². The van der Waals surface area contributed by atoms with Crippen LogP contribution in [0.4, 0.5) is 11.4 Å². The van der Waals surface area contributed by atoms with Crippen molar-refractivity contribution in [2.75, 3.05) is 30.4 Å². The number of carbonyl (C=O) groups excluding carboxylic acids is 1. The lowest BCUT2D eigenvalue weighted by Gasteiger charge is -2.29. The number of amides is 1. The summed E-state index contributed by atoms with van der Waals surface area (Å²) in [6.45, 7) is 6.02. The average Bonchev–Trinajstić information content (AvgIpc) is 2.75. The number of carbonyl (C=O) groups is 1. The molecule has 0 radical (unpaired) electrons. The van der Waals surface area contributed by atoms with Crippen molar-refractivity contribution in [3.63, 3.8) is 0 Å². The molecular weight excluding hydrogens is 362 g/mol. The number of nitriles is 1. The third-order valence-electron chi connectivity index (χ3n) is 5.46. The number of nitrogens with one attached hydrogen (secondary N) is 1. The van der Waals surface area contributed by atoms with E-state index in [2.05, 4.69) is 10.2 Å². The van der Waals surface area contributed by atoms with E-state index in [1.165, 1.54) is 19.3 Å². The smallest absolute Gasteiger partial charge is 0.266 e. The highest BCUT2D eigenvalue weighted by Crippen LogP contribution is 2.29. The van der Waals surface area contributed by atoms with Crippen LogP contribution in [-0.2, 0) is 4.79 Å². The van der Waals surface area contributed by atoms with E-state index < -0.39 is 5.91 Å². The molecule has 0 saturated carbocycles. The van der Waals surface area contributed by atoms with Gasteiger partial charge in [0.15, 0.2) is 0 Å². The Kier molecular flexibility index (Phi) is 6.56. The third-order valence-corrected chi connectivity index (χ3v) is 5.46. The summed E-state index contributed by atoms with van der Waals surface area (Å²) in [6.07, 6.45) is 5.25. The fraction of sp³-hybridized carbons (Fsp3) is 0.333. The van der Waals surface area contributed by atoms with E-state index in [1.807, 2.05) is 56.3 Å². The van der Waals surface area contributed by atoms with Gasteiger partial charge in [-0.05, 0) is 68.5 Å². The molecule has 0 spiro atoms. The monoisotopic (exact) mass is 389 g/mol. The summed E-state index contributed by atoms with van der Waals surface area (Å²) in [5.74, 6) is 0.226. The molecule has 1 saturated heterocycles. The quantitative estimate of drug-likeness (QED) is 0.586. The largest absolute Gasteiger partial charge is 0.496 e. The van der Waals surface area contributed by atoms with E-state index in [4.69, 9.17) is 4.74 Å².